The molecule has 0 saturated heterocycles. The van der Waals surface area contributed by atoms with Crippen molar-refractivity contribution in [1.82, 2.24) is 5.32 Å². The summed E-state index contributed by atoms with van der Waals surface area (Å²) in [5.41, 5.74) is -0.818. The third-order valence-corrected chi connectivity index (χ3v) is 3.69. The van der Waals surface area contributed by atoms with Gasteiger partial charge in [-0.25, -0.2) is 17.6 Å². The largest absolute Gasteiger partial charge is 0.475 e. The van der Waals surface area contributed by atoms with Crippen molar-refractivity contribution in [3.05, 3.63) is 82.8 Å². The van der Waals surface area contributed by atoms with Crippen LogP contribution in [0.1, 0.15) is 16.7 Å². The summed E-state index contributed by atoms with van der Waals surface area (Å²) in [6, 6.07) is 9.20. The number of ketones is 1. The third-order valence-electron chi connectivity index (χ3n) is 3.69. The molecule has 0 aliphatic rings. The van der Waals surface area contributed by atoms with Crippen LogP contribution in [0.25, 0.3) is 0 Å². The van der Waals surface area contributed by atoms with E-state index in [4.69, 9.17) is 4.74 Å². The third kappa shape index (κ3) is 4.62. The molecule has 138 valence electrons. The van der Waals surface area contributed by atoms with Gasteiger partial charge in [0.2, 0.25) is 0 Å². The summed E-state index contributed by atoms with van der Waals surface area (Å²) in [6.07, 6.45) is -0.801. The number of hydrogen-bond donors (Lipinski definition) is 1. The first-order valence-corrected chi connectivity index (χ1v) is 7.73. The van der Waals surface area contributed by atoms with Crippen LogP contribution in [0.15, 0.2) is 42.8 Å². The van der Waals surface area contributed by atoms with E-state index in [0.717, 1.165) is 12.5 Å². The highest BCUT2D eigenvalue weighted by molar-refractivity contribution is 5.83. The van der Waals surface area contributed by atoms with Crippen LogP contribution in [0, 0.1) is 30.2 Å². The van der Waals surface area contributed by atoms with Crippen LogP contribution >= 0.6 is 0 Å². The SMILES string of the molecule is C=C(NCC(=O)Cc1c(F)c(F)c(C)c(F)c1F)OCc1ccccc1. The summed E-state index contributed by atoms with van der Waals surface area (Å²) < 4.78 is 59.9. The highest BCUT2D eigenvalue weighted by Gasteiger charge is 2.24. The molecule has 0 heterocycles. The summed E-state index contributed by atoms with van der Waals surface area (Å²) in [5.74, 6) is -6.73. The molecule has 0 saturated carbocycles. The molecule has 2 rings (SSSR count). The fourth-order valence-corrected chi connectivity index (χ4v) is 2.19. The lowest BCUT2D eigenvalue weighted by molar-refractivity contribution is -0.117. The minimum Gasteiger partial charge on any atom is -0.475 e. The van der Waals surface area contributed by atoms with Gasteiger partial charge in [0.05, 0.1) is 6.54 Å². The number of nitrogens with one attached hydrogen (secondary N) is 1. The van der Waals surface area contributed by atoms with Gasteiger partial charge in [0.1, 0.15) is 6.61 Å². The molecule has 0 unspecified atom stereocenters. The Bertz CT molecular complexity index is 793. The van der Waals surface area contributed by atoms with Gasteiger partial charge in [0.15, 0.2) is 34.9 Å². The molecule has 0 bridgehead atoms. The van der Waals surface area contributed by atoms with Gasteiger partial charge in [-0.1, -0.05) is 30.3 Å². The van der Waals surface area contributed by atoms with E-state index < -0.39 is 46.6 Å². The van der Waals surface area contributed by atoms with Crippen molar-refractivity contribution in [2.45, 2.75) is 20.0 Å². The molecule has 2 aromatic rings. The molecule has 0 aromatic heterocycles. The van der Waals surface area contributed by atoms with Gasteiger partial charge in [0, 0.05) is 17.5 Å². The van der Waals surface area contributed by atoms with E-state index in [0.29, 0.717) is 0 Å². The lowest BCUT2D eigenvalue weighted by atomic mass is 10.0. The molecule has 1 N–H and O–H groups in total. The fraction of sp³-hybridized carbons (Fsp3) is 0.211. The monoisotopic (exact) mass is 367 g/mol. The number of carbonyl (C=O) groups is 1. The fourth-order valence-electron chi connectivity index (χ4n) is 2.19. The number of carbonyl (C=O) groups excluding carboxylic acids is 1. The van der Waals surface area contributed by atoms with Crippen LogP contribution in [0.3, 0.4) is 0 Å². The van der Waals surface area contributed by atoms with Crippen LogP contribution in [0.2, 0.25) is 0 Å². The van der Waals surface area contributed by atoms with Crippen molar-refractivity contribution >= 4 is 5.78 Å². The number of rotatable bonds is 8. The van der Waals surface area contributed by atoms with Crippen LogP contribution in [-0.4, -0.2) is 12.3 Å². The lowest BCUT2D eigenvalue weighted by Crippen LogP contribution is -2.25. The van der Waals surface area contributed by atoms with E-state index in [1.54, 1.807) is 0 Å². The molecular weight excluding hydrogens is 350 g/mol. The standard InChI is InChI=1S/C19H17F4NO2/c1-11-16(20)18(22)15(19(23)17(11)21)8-14(25)9-24-12(2)26-10-13-6-4-3-5-7-13/h3-7,24H,2,8-10H2,1H3. The molecule has 0 fully saturated rings. The summed E-state index contributed by atoms with van der Waals surface area (Å²) in [7, 11) is 0. The quantitative estimate of drug-likeness (QED) is 0.436. The van der Waals surface area contributed by atoms with E-state index in [9.17, 15) is 22.4 Å². The predicted octanol–water partition coefficient (Wildman–Crippen LogP) is 3.94. The molecule has 0 aliphatic heterocycles. The van der Waals surface area contributed by atoms with Crippen molar-refractivity contribution in [3.63, 3.8) is 0 Å². The summed E-state index contributed by atoms with van der Waals surface area (Å²) >= 11 is 0. The average Bonchev–Trinajstić information content (AvgIpc) is 2.65. The second-order valence-corrected chi connectivity index (χ2v) is 5.63. The Morgan fingerprint density at radius 2 is 1.62 bits per heavy atom. The van der Waals surface area contributed by atoms with Gasteiger partial charge in [-0.15, -0.1) is 0 Å². The van der Waals surface area contributed by atoms with Gasteiger partial charge in [-0.05, 0) is 19.1 Å². The maximum atomic E-state index is 13.8. The van der Waals surface area contributed by atoms with Crippen molar-refractivity contribution < 1.29 is 27.1 Å². The zero-order valence-electron chi connectivity index (χ0n) is 14.0. The molecule has 26 heavy (non-hydrogen) atoms. The maximum absolute atomic E-state index is 13.8. The zero-order chi connectivity index (χ0) is 19.3. The van der Waals surface area contributed by atoms with Crippen molar-refractivity contribution in [2.75, 3.05) is 6.54 Å². The highest BCUT2D eigenvalue weighted by Crippen LogP contribution is 2.24. The van der Waals surface area contributed by atoms with Gasteiger partial charge in [-0.3, -0.25) is 4.79 Å². The van der Waals surface area contributed by atoms with Gasteiger partial charge >= 0.3 is 0 Å². The van der Waals surface area contributed by atoms with E-state index in [-0.39, 0.29) is 19.0 Å². The normalized spacial score (nSPS) is 10.5. The molecule has 0 aliphatic carbocycles. The molecule has 0 amide bonds. The number of Topliss-reactive ketones (excluding diaryl/α,β-unsaturated/α-hetero) is 1. The minimum absolute atomic E-state index is 0.0874. The number of ether oxygens (including phenoxy) is 1. The zero-order valence-corrected chi connectivity index (χ0v) is 14.0. The molecular formula is C19H17F4NO2. The Morgan fingerprint density at radius 3 is 2.19 bits per heavy atom. The van der Waals surface area contributed by atoms with E-state index in [1.165, 1.54) is 0 Å². The molecule has 7 heteroatoms. The maximum Gasteiger partial charge on any atom is 0.179 e. The smallest absolute Gasteiger partial charge is 0.179 e. The number of benzene rings is 2. The number of halogens is 4. The molecule has 2 aromatic carbocycles. The van der Waals surface area contributed by atoms with Gasteiger partial charge < -0.3 is 10.1 Å². The highest BCUT2D eigenvalue weighted by atomic mass is 19.2. The lowest BCUT2D eigenvalue weighted by Gasteiger charge is -2.12. The van der Waals surface area contributed by atoms with E-state index in [1.807, 2.05) is 30.3 Å². The Hall–Kier alpha value is -2.83. The molecule has 0 radical (unpaired) electrons. The first-order valence-electron chi connectivity index (χ1n) is 7.73. The first kappa shape index (κ1) is 19.5. The van der Waals surface area contributed by atoms with Crippen molar-refractivity contribution in [2.24, 2.45) is 0 Å². The molecule has 0 atom stereocenters. The Kier molecular flexibility index (Phi) is 6.38. The van der Waals surface area contributed by atoms with E-state index in [2.05, 4.69) is 11.9 Å². The molecule has 0 spiro atoms. The summed E-state index contributed by atoms with van der Waals surface area (Å²) in [5, 5.41) is 2.55. The number of hydrogen-bond acceptors (Lipinski definition) is 3. The minimum atomic E-state index is -1.56. The second-order valence-electron chi connectivity index (χ2n) is 5.63. The Morgan fingerprint density at radius 1 is 1.04 bits per heavy atom. The van der Waals surface area contributed by atoms with Gasteiger partial charge in [-0.2, -0.15) is 0 Å². The summed E-state index contributed by atoms with van der Waals surface area (Å²) in [6.45, 7) is 4.35. The molecule has 3 nitrogen and oxygen atoms in total. The van der Waals surface area contributed by atoms with Crippen LogP contribution in [0.5, 0.6) is 0 Å². The Labute approximate surface area is 148 Å². The van der Waals surface area contributed by atoms with Crippen LogP contribution in [0.4, 0.5) is 17.6 Å². The van der Waals surface area contributed by atoms with E-state index >= 15 is 0 Å². The first-order chi connectivity index (χ1) is 12.3. The van der Waals surface area contributed by atoms with Crippen molar-refractivity contribution in [1.29, 1.82) is 0 Å². The predicted molar refractivity (Wildman–Crippen MR) is 88.1 cm³/mol. The van der Waals surface area contributed by atoms with Crippen LogP contribution < -0.4 is 5.32 Å². The van der Waals surface area contributed by atoms with Crippen LogP contribution in [-0.2, 0) is 22.6 Å². The van der Waals surface area contributed by atoms with Gasteiger partial charge in [0.25, 0.3) is 0 Å². The average molecular weight is 367 g/mol. The Balaban J connectivity index is 1.90. The van der Waals surface area contributed by atoms with Crippen molar-refractivity contribution in [3.8, 4) is 0 Å². The second kappa shape index (κ2) is 8.51. The topological polar surface area (TPSA) is 38.3 Å². The summed E-state index contributed by atoms with van der Waals surface area (Å²) in [4.78, 5) is 11.9.